The van der Waals surface area contributed by atoms with E-state index in [1.165, 1.54) is 5.56 Å². The van der Waals surface area contributed by atoms with E-state index in [1.54, 1.807) is 11.8 Å². The zero-order chi connectivity index (χ0) is 27.1. The van der Waals surface area contributed by atoms with E-state index in [-0.39, 0.29) is 12.2 Å². The third-order valence-electron chi connectivity index (χ3n) is 9.06. The van der Waals surface area contributed by atoms with Crippen molar-refractivity contribution in [3.8, 4) is 45.8 Å². The zero-order valence-corrected chi connectivity index (χ0v) is 22.6. The second-order valence-corrected chi connectivity index (χ2v) is 11.6. The largest absolute Gasteiger partial charge is 0.479 e. The molecule has 0 unspecified atom stereocenters. The number of hydrogen-bond acceptors (Lipinski definition) is 8. The van der Waals surface area contributed by atoms with Crippen LogP contribution in [0.4, 0.5) is 0 Å². The van der Waals surface area contributed by atoms with Crippen LogP contribution in [0.25, 0.3) is 33.4 Å². The van der Waals surface area contributed by atoms with Crippen molar-refractivity contribution in [3.05, 3.63) is 41.7 Å². The number of rotatable bonds is 6. The fourth-order valence-electron chi connectivity index (χ4n) is 6.97. The average Bonchev–Trinajstić information content (AvgIpc) is 3.49. The number of fused-ring (bicyclic) bond motifs is 5. The highest BCUT2D eigenvalue weighted by Crippen LogP contribution is 2.54. The molecular formula is C30H30N6O4. The Bertz CT molecular complexity index is 1710. The van der Waals surface area contributed by atoms with Crippen LogP contribution >= 0.6 is 0 Å². The van der Waals surface area contributed by atoms with Crippen LogP contribution in [0.3, 0.4) is 0 Å². The normalized spacial score (nSPS) is 22.2. The first kappa shape index (κ1) is 23.8. The Morgan fingerprint density at radius 1 is 1.20 bits per heavy atom. The van der Waals surface area contributed by atoms with Crippen molar-refractivity contribution in [2.75, 3.05) is 33.5 Å². The highest BCUT2D eigenvalue weighted by molar-refractivity contribution is 6.06. The minimum Gasteiger partial charge on any atom is -0.479 e. The maximum atomic E-state index is 9.37. The minimum absolute atomic E-state index is 0.158. The Morgan fingerprint density at radius 3 is 2.90 bits per heavy atom. The van der Waals surface area contributed by atoms with Crippen molar-refractivity contribution in [1.82, 2.24) is 24.6 Å². The van der Waals surface area contributed by atoms with Gasteiger partial charge in [0.2, 0.25) is 12.7 Å². The van der Waals surface area contributed by atoms with E-state index in [0.29, 0.717) is 18.9 Å². The van der Waals surface area contributed by atoms with E-state index in [2.05, 4.69) is 27.1 Å². The molecule has 4 aliphatic rings. The van der Waals surface area contributed by atoms with E-state index >= 15 is 0 Å². The van der Waals surface area contributed by atoms with Crippen LogP contribution in [-0.2, 0) is 24.0 Å². The molecule has 1 saturated carbocycles. The fraction of sp³-hybridized carbons (Fsp3) is 0.433. The van der Waals surface area contributed by atoms with Gasteiger partial charge >= 0.3 is 0 Å². The molecule has 0 radical (unpaired) electrons. The summed E-state index contributed by atoms with van der Waals surface area (Å²) < 4.78 is 25.5. The molecule has 1 N–H and O–H groups in total. The number of aromatic nitrogens is 4. The Kier molecular flexibility index (Phi) is 5.03. The highest BCUT2D eigenvalue weighted by atomic mass is 16.7. The van der Waals surface area contributed by atoms with Crippen molar-refractivity contribution < 1.29 is 18.9 Å². The van der Waals surface area contributed by atoms with E-state index < -0.39 is 5.60 Å². The summed E-state index contributed by atoms with van der Waals surface area (Å²) in [4.78, 5) is 11.0. The van der Waals surface area contributed by atoms with Crippen LogP contribution in [-0.4, -0.2) is 58.2 Å². The molecule has 1 aliphatic carbocycles. The number of H-pyrrole nitrogens is 1. The number of nitrogens with zero attached hydrogens (tertiary/aromatic N) is 5. The first-order chi connectivity index (χ1) is 19.5. The molecule has 1 saturated heterocycles. The van der Waals surface area contributed by atoms with Crippen LogP contribution in [0, 0.1) is 16.7 Å². The lowest BCUT2D eigenvalue weighted by Crippen LogP contribution is -2.34. The molecule has 10 heteroatoms. The number of nitrogens with one attached hydrogen (secondary N) is 1. The molecule has 1 aromatic carbocycles. The standard InChI is InChI=1S/C30H30N6O4/c1-35-13-20(28(34-35)37-2)26-23(18-3-4-21-22(11-18)39-17-38-21)24-25-19(12-32-27(24)33-26)14-40-30(25)8-10-36(16-30)15-29(5-6-29)7-9-31/h3-4,11-13H,5-8,10,14-17H2,1-2H3,(H,32,33)/t30-/m1/s1. The number of aryl methyl sites for hydroxylation is 1. The summed E-state index contributed by atoms with van der Waals surface area (Å²) in [5.74, 6) is 2.00. The monoisotopic (exact) mass is 538 g/mol. The van der Waals surface area contributed by atoms with Gasteiger partial charge in [0.1, 0.15) is 11.2 Å². The number of likely N-dealkylation sites (tertiary alicyclic amines) is 1. The maximum absolute atomic E-state index is 9.37. The summed E-state index contributed by atoms with van der Waals surface area (Å²) in [6.45, 7) is 3.46. The first-order valence-corrected chi connectivity index (χ1v) is 13.8. The summed E-state index contributed by atoms with van der Waals surface area (Å²) in [7, 11) is 3.53. The minimum atomic E-state index is -0.428. The molecule has 2 fully saturated rings. The van der Waals surface area contributed by atoms with Crippen LogP contribution in [0.15, 0.2) is 30.6 Å². The van der Waals surface area contributed by atoms with Gasteiger partial charge in [-0.1, -0.05) is 6.07 Å². The molecule has 0 bridgehead atoms. The first-order valence-electron chi connectivity index (χ1n) is 13.8. The molecule has 1 atom stereocenters. The van der Waals surface area contributed by atoms with Gasteiger partial charge in [-0.3, -0.25) is 9.58 Å². The Hall–Kier alpha value is -4.07. The van der Waals surface area contributed by atoms with E-state index in [1.807, 2.05) is 31.6 Å². The predicted octanol–water partition coefficient (Wildman–Crippen LogP) is 4.49. The number of benzene rings is 1. The number of ether oxygens (including phenoxy) is 4. The molecule has 10 nitrogen and oxygen atoms in total. The van der Waals surface area contributed by atoms with Crippen LogP contribution in [0.2, 0.25) is 0 Å². The molecule has 40 heavy (non-hydrogen) atoms. The summed E-state index contributed by atoms with van der Waals surface area (Å²) >= 11 is 0. The maximum Gasteiger partial charge on any atom is 0.241 e. The lowest BCUT2D eigenvalue weighted by atomic mass is 9.86. The van der Waals surface area contributed by atoms with Crippen molar-refractivity contribution >= 4 is 11.0 Å². The topological polar surface area (TPSA) is 110 Å². The van der Waals surface area contributed by atoms with Crippen molar-refractivity contribution in [2.45, 2.75) is 37.9 Å². The van der Waals surface area contributed by atoms with Crippen LogP contribution in [0.1, 0.15) is 36.8 Å². The van der Waals surface area contributed by atoms with Gasteiger partial charge in [0.05, 0.1) is 31.0 Å². The van der Waals surface area contributed by atoms with Gasteiger partial charge in [0.25, 0.3) is 0 Å². The average molecular weight is 539 g/mol. The van der Waals surface area contributed by atoms with Crippen molar-refractivity contribution in [2.24, 2.45) is 12.5 Å². The van der Waals surface area contributed by atoms with Gasteiger partial charge in [-0.2, -0.15) is 5.26 Å². The number of nitriles is 1. The molecule has 8 rings (SSSR count). The number of pyridine rings is 1. The van der Waals surface area contributed by atoms with E-state index in [4.69, 9.17) is 23.9 Å². The third kappa shape index (κ3) is 3.47. The van der Waals surface area contributed by atoms with Crippen molar-refractivity contribution in [1.29, 1.82) is 5.26 Å². The van der Waals surface area contributed by atoms with E-state index in [0.717, 1.165) is 89.4 Å². The quantitative estimate of drug-likeness (QED) is 0.382. The SMILES string of the molecule is COc1nn(C)cc1-c1[nH]c2ncc3c(c2c1-c1ccc2c(c1)OCO2)[C@]1(CCN(CC2(CC#N)CC2)C1)OC3. The number of aromatic amines is 1. The molecule has 6 heterocycles. The van der Waals surface area contributed by atoms with Crippen LogP contribution in [0.5, 0.6) is 17.4 Å². The predicted molar refractivity (Wildman–Crippen MR) is 146 cm³/mol. The molecular weight excluding hydrogens is 508 g/mol. The number of hydrogen-bond donors (Lipinski definition) is 1. The third-order valence-corrected chi connectivity index (χ3v) is 9.06. The Balaban J connectivity index is 1.32. The second-order valence-electron chi connectivity index (χ2n) is 11.6. The fourth-order valence-corrected chi connectivity index (χ4v) is 6.97. The van der Waals surface area contributed by atoms with Gasteiger partial charge in [0.15, 0.2) is 11.5 Å². The van der Waals surface area contributed by atoms with Crippen molar-refractivity contribution in [3.63, 3.8) is 0 Å². The van der Waals surface area contributed by atoms with E-state index in [9.17, 15) is 5.26 Å². The van der Waals surface area contributed by atoms with Gasteiger partial charge in [-0.25, -0.2) is 4.98 Å². The lowest BCUT2D eigenvalue weighted by Gasteiger charge is -2.27. The van der Waals surface area contributed by atoms with Gasteiger partial charge in [0, 0.05) is 67.6 Å². The molecule has 3 aliphatic heterocycles. The molecule has 1 spiro atoms. The molecule has 204 valence electrons. The smallest absolute Gasteiger partial charge is 0.241 e. The Labute approximate surface area is 231 Å². The lowest BCUT2D eigenvalue weighted by molar-refractivity contribution is -0.0296. The Morgan fingerprint density at radius 2 is 2.08 bits per heavy atom. The second kappa shape index (κ2) is 8.46. The summed E-state index contributed by atoms with van der Waals surface area (Å²) in [5.41, 5.74) is 6.64. The highest BCUT2D eigenvalue weighted by Gasteiger charge is 2.51. The number of methoxy groups -OCH3 is 1. The van der Waals surface area contributed by atoms with Gasteiger partial charge in [-0.05, 0) is 42.4 Å². The van der Waals surface area contributed by atoms with Crippen LogP contribution < -0.4 is 14.2 Å². The molecule has 0 amide bonds. The summed E-state index contributed by atoms with van der Waals surface area (Å²) in [5, 5.41) is 15.0. The summed E-state index contributed by atoms with van der Waals surface area (Å²) in [6.07, 6.45) is 7.73. The molecule has 3 aromatic heterocycles. The molecule has 4 aromatic rings. The summed E-state index contributed by atoms with van der Waals surface area (Å²) in [6, 6.07) is 8.49. The van der Waals surface area contributed by atoms with Gasteiger partial charge in [-0.15, -0.1) is 5.10 Å². The zero-order valence-electron chi connectivity index (χ0n) is 22.6. The van der Waals surface area contributed by atoms with Gasteiger partial charge < -0.3 is 23.9 Å².